The van der Waals surface area contributed by atoms with Gasteiger partial charge in [0.15, 0.2) is 37.0 Å². The molecule has 2 unspecified atom stereocenters. The van der Waals surface area contributed by atoms with Gasteiger partial charge in [0.05, 0.1) is 13.2 Å². The molecule has 19 nitrogen and oxygen atoms in total. The van der Waals surface area contributed by atoms with Crippen molar-refractivity contribution in [3.63, 3.8) is 0 Å². The van der Waals surface area contributed by atoms with Gasteiger partial charge in [0, 0.05) is 12.1 Å². The number of ether oxygens (including phenoxy) is 2. The lowest BCUT2D eigenvalue weighted by molar-refractivity contribution is -0.766. The van der Waals surface area contributed by atoms with Crippen molar-refractivity contribution < 1.29 is 80.9 Å². The summed E-state index contributed by atoms with van der Waals surface area (Å²) < 4.78 is 50.7. The Kier molecular flexibility index (Phi) is 10.1. The van der Waals surface area contributed by atoms with E-state index in [2.05, 4.69) is 13.4 Å². The number of aliphatic hydroxyl groups is 4. The van der Waals surface area contributed by atoms with Crippen molar-refractivity contribution in [3.8, 4) is 0 Å². The summed E-state index contributed by atoms with van der Waals surface area (Å²) in [6, 6.07) is 5.59. The van der Waals surface area contributed by atoms with E-state index in [0.717, 1.165) is 0 Å². The summed E-state index contributed by atoms with van der Waals surface area (Å²) in [7, 11) is -11.4. The van der Waals surface area contributed by atoms with Crippen LogP contribution in [0.25, 0.3) is 0 Å². The lowest BCUT2D eigenvalue weighted by Gasteiger charge is -2.31. The minimum Gasteiger partial charge on any atom is -0.756 e. The summed E-state index contributed by atoms with van der Waals surface area (Å²) in [6.45, 7) is -1.99. The molecule has 0 spiro atoms. The fourth-order valence-corrected chi connectivity index (χ4v) is 6.33. The number of phosphoric acid groups is 2. The van der Waals surface area contributed by atoms with E-state index in [1.807, 2.05) is 0 Å². The van der Waals surface area contributed by atoms with Crippen molar-refractivity contribution in [2.45, 2.75) is 49.1 Å². The SMILES string of the molecule is NC(=O)c1ccc[n+]([C@@H]2O[C@H](COP(=O)([O-])OP(=O)([O-])OC[C@H]3O[C@@H]([n+]4cccc(C(N)=O)c4)[C@H](O)[C@@H]3O)[C@@H](O)[C@H]2O)c1. The largest absolute Gasteiger partial charge is 0.756 e. The van der Waals surface area contributed by atoms with Crippen molar-refractivity contribution in [1.29, 1.82) is 0 Å². The molecule has 0 radical (unpaired) electrons. The second-order valence-corrected chi connectivity index (χ2v) is 12.4. The maximum absolute atomic E-state index is 12.2. The molecule has 0 bridgehead atoms. The van der Waals surface area contributed by atoms with Crippen LogP contribution in [0.1, 0.15) is 33.2 Å². The Bertz CT molecular complexity index is 1340. The fraction of sp³-hybridized carbons (Fsp3) is 0.455. The number of carbonyl (C=O) groups excluding carboxylic acids is 2. The number of pyridine rings is 2. The molecule has 2 aromatic heterocycles. The molecule has 0 aliphatic carbocycles. The van der Waals surface area contributed by atoms with Crippen LogP contribution in [0, 0.1) is 0 Å². The van der Waals surface area contributed by atoms with E-state index in [0.29, 0.717) is 0 Å². The normalized spacial score (nSPS) is 31.8. The number of aliphatic hydroxyl groups excluding tert-OH is 4. The highest BCUT2D eigenvalue weighted by atomic mass is 31.3. The summed E-state index contributed by atoms with van der Waals surface area (Å²) in [5.41, 5.74) is 10.5. The summed E-state index contributed by atoms with van der Waals surface area (Å²) in [5.74, 6) is -1.57. The van der Waals surface area contributed by atoms with E-state index in [-0.39, 0.29) is 11.1 Å². The zero-order valence-corrected chi connectivity index (χ0v) is 23.7. The van der Waals surface area contributed by atoms with E-state index < -0.39 is 89.8 Å². The second-order valence-electron chi connectivity index (χ2n) is 9.47. The van der Waals surface area contributed by atoms with Crippen LogP contribution >= 0.6 is 15.6 Å². The lowest BCUT2D eigenvalue weighted by Crippen LogP contribution is -2.46. The van der Waals surface area contributed by atoms with E-state index in [1.54, 1.807) is 0 Å². The average Bonchev–Trinajstić information content (AvgIpc) is 3.40. The molecule has 4 rings (SSSR count). The summed E-state index contributed by atoms with van der Waals surface area (Å²) in [6.07, 6.45) is -7.00. The number of carbonyl (C=O) groups is 2. The van der Waals surface area contributed by atoms with E-state index in [9.17, 15) is 48.9 Å². The van der Waals surface area contributed by atoms with Crippen molar-refractivity contribution in [1.82, 2.24) is 0 Å². The van der Waals surface area contributed by atoms with Crippen LogP contribution in [0.4, 0.5) is 0 Å². The molecular formula is C22H28N4O15P2. The highest BCUT2D eigenvalue weighted by Gasteiger charge is 2.50. The number of primary amides is 2. The van der Waals surface area contributed by atoms with Crippen LogP contribution in [0.15, 0.2) is 49.1 Å². The molecule has 2 aliphatic heterocycles. The van der Waals surface area contributed by atoms with Gasteiger partial charge in [-0.05, 0) is 12.1 Å². The highest BCUT2D eigenvalue weighted by Crippen LogP contribution is 2.56. The maximum Gasteiger partial charge on any atom is 0.292 e. The fourth-order valence-electron chi connectivity index (χ4n) is 4.32. The molecule has 10 atom stereocenters. The third-order valence-electron chi connectivity index (χ3n) is 6.47. The number of nitrogens with zero attached hydrogens (tertiary/aromatic N) is 2. The van der Waals surface area contributed by atoms with Crippen LogP contribution in [-0.4, -0.2) is 82.1 Å². The Morgan fingerprint density at radius 1 is 0.767 bits per heavy atom. The van der Waals surface area contributed by atoms with Crippen molar-refractivity contribution >= 4 is 27.5 Å². The molecule has 8 N–H and O–H groups in total. The minimum atomic E-state index is -5.68. The van der Waals surface area contributed by atoms with Crippen LogP contribution < -0.4 is 30.4 Å². The maximum atomic E-state index is 12.2. The average molecular weight is 650 g/mol. The van der Waals surface area contributed by atoms with Crippen LogP contribution in [0.2, 0.25) is 0 Å². The number of nitrogens with two attached hydrogens (primary N) is 2. The van der Waals surface area contributed by atoms with Gasteiger partial charge in [-0.2, -0.15) is 9.13 Å². The molecule has 4 heterocycles. The third kappa shape index (κ3) is 7.86. The van der Waals surface area contributed by atoms with E-state index in [4.69, 9.17) is 20.9 Å². The van der Waals surface area contributed by atoms with Crippen molar-refractivity contribution in [2.24, 2.45) is 11.5 Å². The second kappa shape index (κ2) is 13.1. The Balaban J connectivity index is 1.31. The first kappa shape index (κ1) is 33.2. The van der Waals surface area contributed by atoms with Gasteiger partial charge in [-0.15, -0.1) is 0 Å². The van der Waals surface area contributed by atoms with Gasteiger partial charge < -0.3 is 60.2 Å². The summed E-state index contributed by atoms with van der Waals surface area (Å²) >= 11 is 0. The molecular weight excluding hydrogens is 622 g/mol. The standard InChI is InChI=1S/C22H28N4O15P2/c23-19(31)11-3-1-5-25(7-11)21-17(29)15(27)13(39-21)9-37-42(33,34)41-43(35,36)38-10-14-16(28)18(30)22(40-14)26-6-2-4-12(8-26)20(24)32/h1-8,13-18,21-22,27-30H,9-10H2,(H4-2,23,24,31,32,33,34,35,36)/t13-,14-,15-,16-,17-,18-,21-,22-/m1/s1. The van der Waals surface area contributed by atoms with E-state index in [1.165, 1.54) is 58.2 Å². The number of phosphoric ester groups is 2. The first-order valence-corrected chi connectivity index (χ1v) is 15.3. The zero-order valence-electron chi connectivity index (χ0n) is 21.9. The zero-order chi connectivity index (χ0) is 31.7. The number of aromatic nitrogens is 2. The van der Waals surface area contributed by atoms with Gasteiger partial charge >= 0.3 is 0 Å². The molecule has 2 saturated heterocycles. The number of amides is 2. The van der Waals surface area contributed by atoms with Gasteiger partial charge in [-0.1, -0.05) is 0 Å². The van der Waals surface area contributed by atoms with Crippen LogP contribution in [-0.2, 0) is 32.0 Å². The van der Waals surface area contributed by atoms with Gasteiger partial charge in [-0.25, -0.2) is 4.31 Å². The minimum absolute atomic E-state index is 0.0488. The number of hydrogen-bond acceptors (Lipinski definition) is 15. The molecule has 2 aliphatic rings. The smallest absolute Gasteiger partial charge is 0.292 e. The quantitative estimate of drug-likeness (QED) is 0.0930. The number of rotatable bonds is 12. The lowest BCUT2D eigenvalue weighted by atomic mass is 10.1. The Hall–Kier alpha value is -2.74. The first-order valence-electron chi connectivity index (χ1n) is 12.4. The Morgan fingerprint density at radius 3 is 1.49 bits per heavy atom. The summed E-state index contributed by atoms with van der Waals surface area (Å²) in [4.78, 5) is 47.3. The van der Waals surface area contributed by atoms with Gasteiger partial charge in [0.25, 0.3) is 39.9 Å². The molecule has 43 heavy (non-hydrogen) atoms. The Labute approximate surface area is 242 Å². The number of hydrogen-bond donors (Lipinski definition) is 6. The third-order valence-corrected chi connectivity index (χ3v) is 9.00. The molecule has 0 aromatic carbocycles. The Morgan fingerprint density at radius 2 is 1.14 bits per heavy atom. The summed E-state index contributed by atoms with van der Waals surface area (Å²) in [5, 5.41) is 41.2. The molecule has 236 valence electrons. The van der Waals surface area contributed by atoms with Crippen molar-refractivity contribution in [2.75, 3.05) is 13.2 Å². The topological polar surface area (TPSA) is 301 Å². The van der Waals surface area contributed by atoms with Gasteiger partial charge in [0.2, 0.25) is 0 Å². The molecule has 2 fully saturated rings. The first-order chi connectivity index (χ1) is 20.1. The highest BCUT2D eigenvalue weighted by molar-refractivity contribution is 7.59. The molecule has 0 saturated carbocycles. The van der Waals surface area contributed by atoms with Gasteiger partial charge in [0.1, 0.15) is 35.5 Å². The predicted molar refractivity (Wildman–Crippen MR) is 130 cm³/mol. The molecule has 2 amide bonds. The molecule has 2 aromatic rings. The van der Waals surface area contributed by atoms with Crippen LogP contribution in [0.3, 0.4) is 0 Å². The van der Waals surface area contributed by atoms with Crippen LogP contribution in [0.5, 0.6) is 0 Å². The van der Waals surface area contributed by atoms with Gasteiger partial charge in [-0.3, -0.25) is 18.7 Å². The molecule has 21 heteroatoms. The monoisotopic (exact) mass is 650 g/mol. The van der Waals surface area contributed by atoms with E-state index >= 15 is 0 Å². The predicted octanol–water partition coefficient (Wildman–Crippen LogP) is -4.62. The van der Waals surface area contributed by atoms with Crippen molar-refractivity contribution in [3.05, 3.63) is 60.2 Å².